The summed E-state index contributed by atoms with van der Waals surface area (Å²) in [6.07, 6.45) is 2.53. The lowest BCUT2D eigenvalue weighted by molar-refractivity contribution is -0.133. The molecule has 1 aliphatic heterocycles. The van der Waals surface area contributed by atoms with Gasteiger partial charge in [-0.15, -0.1) is 21.5 Å². The third-order valence-corrected chi connectivity index (χ3v) is 8.25. The number of aliphatic hydroxyl groups is 1. The van der Waals surface area contributed by atoms with E-state index in [0.717, 1.165) is 35.5 Å². The van der Waals surface area contributed by atoms with Crippen molar-refractivity contribution in [2.45, 2.75) is 38.1 Å². The quantitative estimate of drug-likeness (QED) is 0.396. The van der Waals surface area contributed by atoms with E-state index >= 15 is 0 Å². The lowest BCUT2D eigenvalue weighted by Gasteiger charge is -2.32. The molecular weight excluding hydrogens is 526 g/mol. The number of aromatic nitrogens is 3. The molecule has 2 aromatic heterocycles. The highest BCUT2D eigenvalue weighted by atomic mass is 35.5. The van der Waals surface area contributed by atoms with Crippen LogP contribution in [0.3, 0.4) is 0 Å². The molecule has 38 heavy (non-hydrogen) atoms. The van der Waals surface area contributed by atoms with Crippen molar-refractivity contribution < 1.29 is 14.7 Å². The van der Waals surface area contributed by atoms with E-state index < -0.39 is 18.2 Å². The van der Waals surface area contributed by atoms with Gasteiger partial charge >= 0.3 is 0 Å². The van der Waals surface area contributed by atoms with E-state index in [1.165, 1.54) is 11.3 Å². The lowest BCUT2D eigenvalue weighted by atomic mass is 9.87. The average Bonchev–Trinajstić information content (AvgIpc) is 3.32. The minimum atomic E-state index is -1.04. The number of amides is 2. The maximum absolute atomic E-state index is 13.2. The van der Waals surface area contributed by atoms with Crippen LogP contribution in [0.5, 0.6) is 0 Å². The number of likely N-dealkylation sites (N-methyl/N-ethyl adjacent to an activating group) is 1. The maximum Gasteiger partial charge on any atom is 0.275 e. The van der Waals surface area contributed by atoms with Crippen LogP contribution < -0.4 is 10.6 Å². The number of allylic oxidation sites excluding steroid dienone is 1. The number of aliphatic hydroxyl groups excluding tert-OH is 1. The molecule has 2 unspecified atom stereocenters. The molecule has 3 N–H and O–H groups in total. The van der Waals surface area contributed by atoms with Gasteiger partial charge in [-0.1, -0.05) is 23.7 Å². The number of carbonyl (C=O) groups excluding carboxylic acids is 2. The minimum absolute atomic E-state index is 0.000257. The summed E-state index contributed by atoms with van der Waals surface area (Å²) in [5.41, 5.74) is 2.35. The first-order chi connectivity index (χ1) is 18.2. The SMILES string of the molecule is CN1CCc2nc(C(O)N[C@@H]3CC(C(=O)N(C)C)CC=C3NC(=O)c3cc4ccc(Cl)cc4nn3)sc2C1. The highest BCUT2D eigenvalue weighted by molar-refractivity contribution is 7.11. The molecule has 0 saturated carbocycles. The Morgan fingerprint density at radius 3 is 2.87 bits per heavy atom. The molecule has 2 aliphatic rings. The van der Waals surface area contributed by atoms with Crippen LogP contribution >= 0.6 is 22.9 Å². The summed E-state index contributed by atoms with van der Waals surface area (Å²) in [4.78, 5) is 35.5. The van der Waals surface area contributed by atoms with E-state index in [1.54, 1.807) is 43.3 Å². The minimum Gasteiger partial charge on any atom is -0.372 e. The van der Waals surface area contributed by atoms with Gasteiger partial charge in [0.05, 0.1) is 17.3 Å². The molecule has 0 fully saturated rings. The van der Waals surface area contributed by atoms with Crippen LogP contribution in [-0.4, -0.2) is 75.6 Å². The largest absolute Gasteiger partial charge is 0.372 e. The standard InChI is InChI=1S/C26H30ClN7O3S/c1-33(2)26(37)15-5-7-17(28-23(35)21-10-14-4-6-16(27)12-19(14)31-32-21)20(11-15)29-24(36)25-30-18-8-9-34(3)13-22(18)38-25/h4,6-7,10,12,15,20,24,29,36H,5,8-9,11,13H2,1-3H3,(H,28,35)/t15?,20-,24?/m1/s1. The van der Waals surface area contributed by atoms with E-state index in [4.69, 9.17) is 11.6 Å². The van der Waals surface area contributed by atoms with Crippen molar-refractivity contribution in [3.63, 3.8) is 0 Å². The second-order valence-electron chi connectivity index (χ2n) is 9.98. The molecule has 1 aromatic carbocycles. The Balaban J connectivity index is 1.36. The van der Waals surface area contributed by atoms with Gasteiger partial charge in [0.15, 0.2) is 11.9 Å². The fraction of sp³-hybridized carbons (Fsp3) is 0.423. The number of nitrogens with zero attached hydrogens (tertiary/aromatic N) is 5. The molecule has 3 atom stereocenters. The normalized spacial score (nSPS) is 20.5. The smallest absolute Gasteiger partial charge is 0.275 e. The first-order valence-electron chi connectivity index (χ1n) is 12.4. The Morgan fingerprint density at radius 1 is 1.26 bits per heavy atom. The van der Waals surface area contributed by atoms with Gasteiger partial charge in [0.25, 0.3) is 5.91 Å². The number of carbonyl (C=O) groups is 2. The van der Waals surface area contributed by atoms with Crippen molar-refractivity contribution in [3.05, 3.63) is 62.3 Å². The molecule has 3 heterocycles. The Hall–Kier alpha value is -2.96. The van der Waals surface area contributed by atoms with Gasteiger partial charge in [-0.3, -0.25) is 14.9 Å². The van der Waals surface area contributed by atoms with Gasteiger partial charge in [-0.2, -0.15) is 0 Å². The third kappa shape index (κ3) is 5.71. The number of fused-ring (bicyclic) bond motifs is 2. The average molecular weight is 556 g/mol. The molecule has 1 aliphatic carbocycles. The number of halogens is 1. The monoisotopic (exact) mass is 555 g/mol. The summed E-state index contributed by atoms with van der Waals surface area (Å²) in [6, 6.07) is 6.38. The number of hydrogen-bond acceptors (Lipinski definition) is 9. The predicted molar refractivity (Wildman–Crippen MR) is 146 cm³/mol. The number of rotatable bonds is 6. The van der Waals surface area contributed by atoms with Gasteiger partial charge < -0.3 is 20.2 Å². The van der Waals surface area contributed by atoms with Crippen molar-refractivity contribution >= 4 is 45.7 Å². The molecule has 0 saturated heterocycles. The van der Waals surface area contributed by atoms with Crippen LogP contribution in [0.4, 0.5) is 0 Å². The molecule has 3 aromatic rings. The Morgan fingerprint density at radius 2 is 2.08 bits per heavy atom. The van der Waals surface area contributed by atoms with Crippen molar-refractivity contribution in [3.8, 4) is 0 Å². The van der Waals surface area contributed by atoms with E-state index in [-0.39, 0.29) is 17.5 Å². The third-order valence-electron chi connectivity index (χ3n) is 6.88. The molecule has 10 nitrogen and oxygen atoms in total. The first-order valence-corrected chi connectivity index (χ1v) is 13.6. The lowest BCUT2D eigenvalue weighted by Crippen LogP contribution is -2.46. The van der Waals surface area contributed by atoms with E-state index in [1.807, 2.05) is 6.08 Å². The highest BCUT2D eigenvalue weighted by Crippen LogP contribution is 2.30. The molecule has 12 heteroatoms. The Labute approximate surface area is 229 Å². The molecule has 200 valence electrons. The fourth-order valence-electron chi connectivity index (χ4n) is 4.82. The molecular formula is C26H30ClN7O3S. The summed E-state index contributed by atoms with van der Waals surface area (Å²) >= 11 is 7.51. The fourth-order valence-corrected chi connectivity index (χ4v) is 6.12. The summed E-state index contributed by atoms with van der Waals surface area (Å²) < 4.78 is 0. The molecule has 5 rings (SSSR count). The van der Waals surface area contributed by atoms with Crippen LogP contribution in [-0.2, 0) is 17.8 Å². The number of thiazole rings is 1. The van der Waals surface area contributed by atoms with E-state index in [2.05, 4.69) is 37.8 Å². The van der Waals surface area contributed by atoms with Crippen LogP contribution in [0.25, 0.3) is 10.9 Å². The van der Waals surface area contributed by atoms with Gasteiger partial charge in [0.1, 0.15) is 5.01 Å². The Bertz CT molecular complexity index is 1410. The summed E-state index contributed by atoms with van der Waals surface area (Å²) in [7, 11) is 5.52. The van der Waals surface area contributed by atoms with Gasteiger partial charge in [-0.05, 0) is 38.1 Å². The van der Waals surface area contributed by atoms with Crippen molar-refractivity contribution in [1.82, 2.24) is 35.6 Å². The second kappa shape index (κ2) is 11.0. The van der Waals surface area contributed by atoms with Crippen molar-refractivity contribution in [2.24, 2.45) is 5.92 Å². The van der Waals surface area contributed by atoms with Crippen LogP contribution in [0, 0.1) is 5.92 Å². The van der Waals surface area contributed by atoms with Crippen molar-refractivity contribution in [1.29, 1.82) is 0 Å². The van der Waals surface area contributed by atoms with Gasteiger partial charge in [-0.25, -0.2) is 4.98 Å². The van der Waals surface area contributed by atoms with E-state index in [9.17, 15) is 14.7 Å². The molecule has 0 radical (unpaired) electrons. The summed E-state index contributed by atoms with van der Waals surface area (Å²) in [5, 5.41) is 27.3. The zero-order valence-electron chi connectivity index (χ0n) is 21.4. The summed E-state index contributed by atoms with van der Waals surface area (Å²) in [5.74, 6) is -0.703. The summed E-state index contributed by atoms with van der Waals surface area (Å²) in [6.45, 7) is 1.74. The Kier molecular flexibility index (Phi) is 7.73. The van der Waals surface area contributed by atoms with E-state index in [0.29, 0.717) is 34.1 Å². The zero-order chi connectivity index (χ0) is 27.0. The molecule has 0 spiro atoms. The van der Waals surface area contributed by atoms with Crippen molar-refractivity contribution in [2.75, 3.05) is 27.7 Å². The maximum atomic E-state index is 13.2. The highest BCUT2D eigenvalue weighted by Gasteiger charge is 2.33. The topological polar surface area (TPSA) is 124 Å². The predicted octanol–water partition coefficient (Wildman–Crippen LogP) is 2.49. The zero-order valence-corrected chi connectivity index (χ0v) is 23.0. The van der Waals surface area contributed by atoms with Gasteiger partial charge in [0, 0.05) is 60.5 Å². The number of nitrogens with one attached hydrogen (secondary N) is 2. The molecule has 0 bridgehead atoms. The second-order valence-corrected chi connectivity index (χ2v) is 11.5. The molecule has 2 amide bonds. The van der Waals surface area contributed by atoms with Crippen LogP contribution in [0.2, 0.25) is 5.02 Å². The van der Waals surface area contributed by atoms with Crippen LogP contribution in [0.1, 0.15) is 45.1 Å². The van der Waals surface area contributed by atoms with Crippen LogP contribution in [0.15, 0.2) is 36.0 Å². The number of benzene rings is 1. The number of hydrogen-bond donors (Lipinski definition) is 3. The first kappa shape index (κ1) is 26.6. The van der Waals surface area contributed by atoms with Gasteiger partial charge in [0.2, 0.25) is 5.91 Å².